The van der Waals surface area contributed by atoms with Gasteiger partial charge in [0.25, 0.3) is 0 Å². The van der Waals surface area contributed by atoms with Crippen molar-refractivity contribution in [2.24, 2.45) is 4.99 Å². The molecule has 3 rings (SSSR count). The molecule has 27 heavy (non-hydrogen) atoms. The fraction of sp³-hybridized carbons (Fsp3) is 0.421. The fourth-order valence-electron chi connectivity index (χ4n) is 3.04. The molecule has 0 radical (unpaired) electrons. The predicted molar refractivity (Wildman–Crippen MR) is 102 cm³/mol. The number of halogens is 2. The van der Waals surface area contributed by atoms with Crippen LogP contribution in [-0.4, -0.2) is 60.1 Å². The third kappa shape index (κ3) is 4.90. The third-order valence-corrected chi connectivity index (χ3v) is 4.43. The van der Waals surface area contributed by atoms with Gasteiger partial charge in [0.05, 0.1) is 0 Å². The monoisotopic (exact) mass is 374 g/mol. The maximum Gasteiger partial charge on any atom is 0.225 e. The van der Waals surface area contributed by atoms with Gasteiger partial charge in [-0.15, -0.1) is 0 Å². The Bertz CT molecular complexity index is 740. The molecule has 0 bridgehead atoms. The molecule has 1 aromatic heterocycles. The lowest BCUT2D eigenvalue weighted by Crippen LogP contribution is -2.53. The summed E-state index contributed by atoms with van der Waals surface area (Å²) in [6.07, 6.45) is 3.70. The predicted octanol–water partition coefficient (Wildman–Crippen LogP) is 2.08. The van der Waals surface area contributed by atoms with E-state index >= 15 is 0 Å². The molecule has 1 N–H and O–H groups in total. The summed E-state index contributed by atoms with van der Waals surface area (Å²) in [6, 6.07) is 5.72. The molecule has 6 nitrogen and oxygen atoms in total. The number of benzene rings is 1. The number of nitrogens with zero attached hydrogens (tertiary/aromatic N) is 5. The number of rotatable bonds is 5. The van der Waals surface area contributed by atoms with Gasteiger partial charge in [-0.2, -0.15) is 0 Å². The van der Waals surface area contributed by atoms with Gasteiger partial charge in [-0.1, -0.05) is 6.07 Å². The topological polar surface area (TPSA) is 56.7 Å². The normalized spacial score (nSPS) is 15.1. The molecule has 0 spiro atoms. The molecule has 1 fully saturated rings. The Morgan fingerprint density at radius 2 is 1.74 bits per heavy atom. The van der Waals surface area contributed by atoms with Gasteiger partial charge in [-0.3, -0.25) is 4.99 Å². The maximum absolute atomic E-state index is 13.7. The van der Waals surface area contributed by atoms with Gasteiger partial charge in [0.2, 0.25) is 5.95 Å². The quantitative estimate of drug-likeness (QED) is 0.642. The number of hydrogen-bond acceptors (Lipinski definition) is 4. The second-order valence-corrected chi connectivity index (χ2v) is 6.21. The standard InChI is InChI=1S/C19H24F2N6/c1-2-22-18(25-10-7-15-16(20)5-3-6-17(15)21)26-11-13-27(14-12-26)19-23-8-4-9-24-19/h3-6,8-9H,2,7,10-14H2,1H3,(H,22,25). The van der Waals surface area contributed by atoms with E-state index in [1.165, 1.54) is 18.2 Å². The van der Waals surface area contributed by atoms with Crippen molar-refractivity contribution in [2.75, 3.05) is 44.2 Å². The summed E-state index contributed by atoms with van der Waals surface area (Å²) in [5.41, 5.74) is 0.0862. The molecule has 1 aliphatic heterocycles. The Labute approximate surface area is 158 Å². The molecule has 0 aliphatic carbocycles. The summed E-state index contributed by atoms with van der Waals surface area (Å²) < 4.78 is 27.5. The molecule has 1 saturated heterocycles. The van der Waals surface area contributed by atoms with Gasteiger partial charge in [0, 0.05) is 57.2 Å². The van der Waals surface area contributed by atoms with Crippen molar-refractivity contribution >= 4 is 11.9 Å². The molecule has 0 saturated carbocycles. The molecule has 2 aromatic rings. The second kappa shape index (κ2) is 9.25. The lowest BCUT2D eigenvalue weighted by molar-refractivity contribution is 0.370. The van der Waals surface area contributed by atoms with Crippen LogP contribution in [0.4, 0.5) is 14.7 Å². The molecular formula is C19H24F2N6. The van der Waals surface area contributed by atoms with Crippen LogP contribution in [-0.2, 0) is 6.42 Å². The van der Waals surface area contributed by atoms with Crippen LogP contribution in [0.3, 0.4) is 0 Å². The Morgan fingerprint density at radius 1 is 1.07 bits per heavy atom. The first kappa shape index (κ1) is 19.0. The van der Waals surface area contributed by atoms with Crippen molar-refractivity contribution in [3.05, 3.63) is 53.9 Å². The molecule has 2 heterocycles. The minimum atomic E-state index is -0.522. The maximum atomic E-state index is 13.7. The number of aliphatic imine (C=N–C) groups is 1. The van der Waals surface area contributed by atoms with Crippen molar-refractivity contribution < 1.29 is 8.78 Å². The number of guanidine groups is 1. The van der Waals surface area contributed by atoms with Crippen molar-refractivity contribution in [3.63, 3.8) is 0 Å². The zero-order valence-corrected chi connectivity index (χ0v) is 15.4. The largest absolute Gasteiger partial charge is 0.357 e. The van der Waals surface area contributed by atoms with Crippen LogP contribution in [0, 0.1) is 11.6 Å². The number of hydrogen-bond donors (Lipinski definition) is 1. The minimum absolute atomic E-state index is 0.0862. The minimum Gasteiger partial charge on any atom is -0.357 e. The van der Waals surface area contributed by atoms with Crippen molar-refractivity contribution in [2.45, 2.75) is 13.3 Å². The van der Waals surface area contributed by atoms with Gasteiger partial charge >= 0.3 is 0 Å². The Kier molecular flexibility index (Phi) is 6.51. The van der Waals surface area contributed by atoms with E-state index in [-0.39, 0.29) is 12.0 Å². The first-order valence-electron chi connectivity index (χ1n) is 9.17. The van der Waals surface area contributed by atoms with Crippen LogP contribution in [0.15, 0.2) is 41.7 Å². The summed E-state index contributed by atoms with van der Waals surface area (Å²) >= 11 is 0. The van der Waals surface area contributed by atoms with Crippen LogP contribution in [0.2, 0.25) is 0 Å². The Balaban J connectivity index is 1.59. The van der Waals surface area contributed by atoms with E-state index < -0.39 is 11.6 Å². The van der Waals surface area contributed by atoms with Crippen LogP contribution >= 0.6 is 0 Å². The number of nitrogens with one attached hydrogen (secondary N) is 1. The first-order valence-corrected chi connectivity index (χ1v) is 9.17. The number of anilines is 1. The average Bonchev–Trinajstić information content (AvgIpc) is 2.70. The van der Waals surface area contributed by atoms with E-state index in [1.54, 1.807) is 18.5 Å². The summed E-state index contributed by atoms with van der Waals surface area (Å²) in [7, 11) is 0. The van der Waals surface area contributed by atoms with E-state index in [1.807, 2.05) is 6.92 Å². The average molecular weight is 374 g/mol. The third-order valence-electron chi connectivity index (χ3n) is 4.43. The SMILES string of the molecule is CCNC(=NCCc1c(F)cccc1F)N1CCN(c2ncccn2)CC1. The molecule has 1 aliphatic rings. The highest BCUT2D eigenvalue weighted by atomic mass is 19.1. The van der Waals surface area contributed by atoms with Crippen LogP contribution in [0.1, 0.15) is 12.5 Å². The molecule has 0 unspecified atom stereocenters. The summed E-state index contributed by atoms with van der Waals surface area (Å²) in [6.45, 7) is 6.18. The van der Waals surface area contributed by atoms with Crippen LogP contribution in [0.5, 0.6) is 0 Å². The fourth-order valence-corrected chi connectivity index (χ4v) is 3.04. The van der Waals surface area contributed by atoms with Crippen LogP contribution < -0.4 is 10.2 Å². The zero-order valence-electron chi connectivity index (χ0n) is 15.4. The van der Waals surface area contributed by atoms with E-state index in [2.05, 4.69) is 30.1 Å². The van der Waals surface area contributed by atoms with Gasteiger partial charge in [0.15, 0.2) is 5.96 Å². The molecule has 0 atom stereocenters. The summed E-state index contributed by atoms with van der Waals surface area (Å²) in [4.78, 5) is 17.4. The van der Waals surface area contributed by atoms with Gasteiger partial charge in [-0.05, 0) is 31.5 Å². The lowest BCUT2D eigenvalue weighted by atomic mass is 10.1. The van der Waals surface area contributed by atoms with Crippen LogP contribution in [0.25, 0.3) is 0 Å². The summed E-state index contributed by atoms with van der Waals surface area (Å²) in [5.74, 6) is 0.454. The van der Waals surface area contributed by atoms with Gasteiger partial charge in [0.1, 0.15) is 11.6 Å². The molecular weight excluding hydrogens is 350 g/mol. The highest BCUT2D eigenvalue weighted by molar-refractivity contribution is 5.80. The second-order valence-electron chi connectivity index (χ2n) is 6.21. The Morgan fingerprint density at radius 3 is 2.37 bits per heavy atom. The number of piperazine rings is 1. The van der Waals surface area contributed by atoms with Crippen molar-refractivity contribution in [3.8, 4) is 0 Å². The smallest absolute Gasteiger partial charge is 0.225 e. The van der Waals surface area contributed by atoms with E-state index in [4.69, 9.17) is 0 Å². The Hall–Kier alpha value is -2.77. The highest BCUT2D eigenvalue weighted by Gasteiger charge is 2.21. The van der Waals surface area contributed by atoms with E-state index in [9.17, 15) is 8.78 Å². The molecule has 8 heteroatoms. The lowest BCUT2D eigenvalue weighted by Gasteiger charge is -2.36. The highest BCUT2D eigenvalue weighted by Crippen LogP contribution is 2.13. The van der Waals surface area contributed by atoms with Crippen molar-refractivity contribution in [1.82, 2.24) is 20.2 Å². The molecule has 144 valence electrons. The van der Waals surface area contributed by atoms with E-state index in [0.717, 1.165) is 44.6 Å². The van der Waals surface area contributed by atoms with Gasteiger partial charge < -0.3 is 15.1 Å². The van der Waals surface area contributed by atoms with Gasteiger partial charge in [-0.25, -0.2) is 18.7 Å². The zero-order chi connectivity index (χ0) is 19.1. The summed E-state index contributed by atoms with van der Waals surface area (Å²) in [5, 5.41) is 3.26. The molecule has 0 amide bonds. The van der Waals surface area contributed by atoms with Crippen molar-refractivity contribution in [1.29, 1.82) is 0 Å². The van der Waals surface area contributed by atoms with E-state index in [0.29, 0.717) is 6.54 Å². The molecule has 1 aromatic carbocycles. The number of aromatic nitrogens is 2. The first-order chi connectivity index (χ1) is 13.2.